The van der Waals surface area contributed by atoms with Crippen LogP contribution in [0.1, 0.15) is 21.9 Å². The van der Waals surface area contributed by atoms with Crippen LogP contribution in [0, 0.1) is 6.92 Å². The average molecular weight is 239 g/mol. The van der Waals surface area contributed by atoms with Crippen molar-refractivity contribution in [3.05, 3.63) is 23.2 Å². The number of cyclic esters (lactones) is 1. The van der Waals surface area contributed by atoms with Crippen LogP contribution in [0.5, 0.6) is 0 Å². The van der Waals surface area contributed by atoms with Crippen molar-refractivity contribution in [1.29, 1.82) is 0 Å². The number of rotatable bonds is 3. The van der Waals surface area contributed by atoms with Gasteiger partial charge in [-0.3, -0.25) is 10.2 Å². The van der Waals surface area contributed by atoms with Crippen LogP contribution >= 0.6 is 0 Å². The molecule has 2 amide bonds. The molecule has 2 rings (SSSR count). The predicted molar refractivity (Wildman–Crippen MR) is 56.9 cm³/mol. The number of nitrogen functional groups attached to an aromatic ring is 1. The van der Waals surface area contributed by atoms with Gasteiger partial charge in [-0.1, -0.05) is 0 Å². The van der Waals surface area contributed by atoms with Gasteiger partial charge in [-0.2, -0.15) is 0 Å². The molecular weight excluding hydrogens is 226 g/mol. The minimum atomic E-state index is -0.497. The molecule has 0 bridgehead atoms. The Morgan fingerprint density at radius 1 is 1.65 bits per heavy atom. The highest BCUT2D eigenvalue weighted by molar-refractivity contribution is 5.91. The van der Waals surface area contributed by atoms with E-state index in [4.69, 9.17) is 15.0 Å². The molecule has 92 valence electrons. The number of carbonyl (C=O) groups excluding carboxylic acids is 2. The first kappa shape index (κ1) is 11.5. The van der Waals surface area contributed by atoms with Crippen LogP contribution in [0.4, 0.5) is 4.79 Å². The molecule has 1 aromatic rings. The minimum absolute atomic E-state index is 0.132. The number of nitrogens with zero attached hydrogens (tertiary/aromatic N) is 1. The molecule has 0 unspecified atom stereocenters. The van der Waals surface area contributed by atoms with Crippen molar-refractivity contribution in [3.8, 4) is 0 Å². The lowest BCUT2D eigenvalue weighted by molar-refractivity contribution is 0.0924. The third kappa shape index (κ3) is 2.23. The van der Waals surface area contributed by atoms with E-state index in [1.165, 1.54) is 0 Å². The van der Waals surface area contributed by atoms with Crippen molar-refractivity contribution >= 4 is 12.0 Å². The highest BCUT2D eigenvalue weighted by Crippen LogP contribution is 2.18. The number of amides is 2. The van der Waals surface area contributed by atoms with Gasteiger partial charge in [0.05, 0.1) is 13.1 Å². The smallest absolute Gasteiger partial charge is 0.410 e. The van der Waals surface area contributed by atoms with E-state index in [9.17, 15) is 9.59 Å². The van der Waals surface area contributed by atoms with E-state index in [2.05, 4.69) is 0 Å². The Balaban J connectivity index is 2.13. The highest BCUT2D eigenvalue weighted by atomic mass is 16.6. The summed E-state index contributed by atoms with van der Waals surface area (Å²) in [5, 5.41) is 0. The average Bonchev–Trinajstić information content (AvgIpc) is 2.87. The lowest BCUT2D eigenvalue weighted by Gasteiger charge is -2.10. The lowest BCUT2D eigenvalue weighted by atomic mass is 10.2. The minimum Gasteiger partial charge on any atom is -0.456 e. The molecule has 0 radical (unpaired) electrons. The van der Waals surface area contributed by atoms with E-state index in [-0.39, 0.29) is 11.9 Å². The second kappa shape index (κ2) is 4.46. The fourth-order valence-corrected chi connectivity index (χ4v) is 1.63. The molecule has 1 saturated heterocycles. The van der Waals surface area contributed by atoms with Crippen LogP contribution < -0.4 is 11.3 Å². The lowest BCUT2D eigenvalue weighted by Crippen LogP contribution is -2.29. The Hall–Kier alpha value is -2.02. The number of furan rings is 1. The summed E-state index contributed by atoms with van der Waals surface area (Å²) in [5.41, 5.74) is 2.75. The maximum atomic E-state index is 11.3. The van der Waals surface area contributed by atoms with E-state index in [0.717, 1.165) is 5.56 Å². The summed E-state index contributed by atoms with van der Waals surface area (Å²) in [6, 6.07) is 1.57. The van der Waals surface area contributed by atoms with Crippen LogP contribution in [0.15, 0.2) is 10.5 Å². The van der Waals surface area contributed by atoms with Gasteiger partial charge in [-0.15, -0.1) is 0 Å². The number of hydrazine groups is 1. The molecule has 7 heteroatoms. The molecule has 0 saturated carbocycles. The predicted octanol–water partition coefficient (Wildman–Crippen LogP) is 0.144. The molecule has 1 aromatic heterocycles. The Kier molecular flexibility index (Phi) is 3.01. The molecule has 0 aromatic carbocycles. The van der Waals surface area contributed by atoms with E-state index in [1.54, 1.807) is 17.9 Å². The largest absolute Gasteiger partial charge is 0.456 e. The van der Waals surface area contributed by atoms with E-state index < -0.39 is 5.91 Å². The van der Waals surface area contributed by atoms with Crippen molar-refractivity contribution in [2.45, 2.75) is 13.5 Å². The van der Waals surface area contributed by atoms with Gasteiger partial charge >= 0.3 is 12.0 Å². The molecule has 0 aliphatic carbocycles. The molecule has 0 spiro atoms. The number of ether oxygens (including phenoxy) is 1. The standard InChI is InChI=1S/C10H13N3O4/c1-6-7(4-8(17-6)9(14)12-11)5-13-2-3-16-10(13)15/h4H,2-3,5,11H2,1H3,(H,12,14). The monoisotopic (exact) mass is 239 g/mol. The molecule has 17 heavy (non-hydrogen) atoms. The topological polar surface area (TPSA) is 97.8 Å². The summed E-state index contributed by atoms with van der Waals surface area (Å²) >= 11 is 0. The Bertz CT molecular complexity index is 454. The number of nitrogens with one attached hydrogen (secondary N) is 1. The van der Waals surface area contributed by atoms with Crippen molar-refractivity contribution in [3.63, 3.8) is 0 Å². The summed E-state index contributed by atoms with van der Waals surface area (Å²) in [5.74, 6) is 5.23. The molecule has 1 fully saturated rings. The van der Waals surface area contributed by atoms with Gasteiger partial charge in [0.2, 0.25) is 0 Å². The van der Waals surface area contributed by atoms with Crippen LogP contribution in [-0.4, -0.2) is 30.1 Å². The zero-order valence-corrected chi connectivity index (χ0v) is 9.36. The first-order valence-electron chi connectivity index (χ1n) is 5.13. The van der Waals surface area contributed by atoms with Crippen LogP contribution in [0.2, 0.25) is 0 Å². The summed E-state index contributed by atoms with van der Waals surface area (Å²) in [7, 11) is 0. The molecule has 1 aliphatic rings. The van der Waals surface area contributed by atoms with Gasteiger partial charge in [0.25, 0.3) is 0 Å². The van der Waals surface area contributed by atoms with E-state index >= 15 is 0 Å². The fourth-order valence-electron chi connectivity index (χ4n) is 1.63. The second-order valence-electron chi connectivity index (χ2n) is 3.70. The van der Waals surface area contributed by atoms with Gasteiger partial charge in [0.15, 0.2) is 5.76 Å². The maximum absolute atomic E-state index is 11.3. The third-order valence-electron chi connectivity index (χ3n) is 2.58. The van der Waals surface area contributed by atoms with Crippen molar-refractivity contribution in [2.24, 2.45) is 5.84 Å². The molecular formula is C10H13N3O4. The molecule has 7 nitrogen and oxygen atoms in total. The summed E-state index contributed by atoms with van der Waals surface area (Å²) < 4.78 is 10.1. The van der Waals surface area contributed by atoms with Crippen LogP contribution in [0.25, 0.3) is 0 Å². The first-order valence-corrected chi connectivity index (χ1v) is 5.13. The fraction of sp³-hybridized carbons (Fsp3) is 0.400. The van der Waals surface area contributed by atoms with Gasteiger partial charge < -0.3 is 14.1 Å². The Labute approximate surface area is 97.5 Å². The number of aryl methyl sites for hydroxylation is 1. The Morgan fingerprint density at radius 2 is 2.41 bits per heavy atom. The second-order valence-corrected chi connectivity index (χ2v) is 3.70. The zero-order chi connectivity index (χ0) is 12.4. The maximum Gasteiger partial charge on any atom is 0.410 e. The molecule has 3 N–H and O–H groups in total. The third-order valence-corrected chi connectivity index (χ3v) is 2.58. The van der Waals surface area contributed by atoms with Crippen molar-refractivity contribution < 1.29 is 18.7 Å². The molecule has 0 atom stereocenters. The molecule has 2 heterocycles. The quantitative estimate of drug-likeness (QED) is 0.444. The van der Waals surface area contributed by atoms with Gasteiger partial charge in [0, 0.05) is 5.56 Å². The van der Waals surface area contributed by atoms with Crippen LogP contribution in [-0.2, 0) is 11.3 Å². The molecule has 1 aliphatic heterocycles. The SMILES string of the molecule is Cc1oc(C(=O)NN)cc1CN1CCOC1=O. The highest BCUT2D eigenvalue weighted by Gasteiger charge is 2.24. The van der Waals surface area contributed by atoms with Gasteiger partial charge in [-0.25, -0.2) is 10.6 Å². The number of hydrogen-bond acceptors (Lipinski definition) is 5. The number of carbonyl (C=O) groups is 2. The normalized spacial score (nSPS) is 14.9. The van der Waals surface area contributed by atoms with E-state index in [1.807, 2.05) is 5.43 Å². The van der Waals surface area contributed by atoms with Crippen molar-refractivity contribution in [2.75, 3.05) is 13.2 Å². The van der Waals surface area contributed by atoms with Gasteiger partial charge in [-0.05, 0) is 13.0 Å². The summed E-state index contributed by atoms with van der Waals surface area (Å²) in [6.45, 7) is 3.03. The summed E-state index contributed by atoms with van der Waals surface area (Å²) in [4.78, 5) is 24.0. The summed E-state index contributed by atoms with van der Waals surface area (Å²) in [6.07, 6.45) is -0.351. The zero-order valence-electron chi connectivity index (χ0n) is 9.36. The van der Waals surface area contributed by atoms with E-state index in [0.29, 0.717) is 25.5 Å². The van der Waals surface area contributed by atoms with Crippen LogP contribution in [0.3, 0.4) is 0 Å². The van der Waals surface area contributed by atoms with Crippen molar-refractivity contribution in [1.82, 2.24) is 10.3 Å². The first-order chi connectivity index (χ1) is 8.11. The number of hydrogen-bond donors (Lipinski definition) is 2. The Morgan fingerprint density at radius 3 is 3.00 bits per heavy atom. The number of nitrogens with two attached hydrogens (primary N) is 1. The van der Waals surface area contributed by atoms with Gasteiger partial charge in [0.1, 0.15) is 12.4 Å².